The zero-order valence-electron chi connectivity index (χ0n) is 20.4. The van der Waals surface area contributed by atoms with Gasteiger partial charge in [-0.05, 0) is 74.0 Å². The largest absolute Gasteiger partial charge is 0.490 e. The topological polar surface area (TPSA) is 116 Å². The van der Waals surface area contributed by atoms with Crippen molar-refractivity contribution in [1.82, 2.24) is 9.66 Å². The molecule has 0 aliphatic rings. The first-order valence-electron chi connectivity index (χ1n) is 11.8. The van der Waals surface area contributed by atoms with Crippen LogP contribution in [0, 0.1) is 0 Å². The van der Waals surface area contributed by atoms with E-state index in [0.717, 1.165) is 5.39 Å². The predicted molar refractivity (Wildman–Crippen MR) is 145 cm³/mol. The van der Waals surface area contributed by atoms with E-state index < -0.39 is 12.1 Å². The second-order valence-corrected chi connectivity index (χ2v) is 8.78. The molecule has 1 N–H and O–H groups in total. The highest BCUT2D eigenvalue weighted by Gasteiger charge is 2.18. The summed E-state index contributed by atoms with van der Waals surface area (Å²) in [6, 6.07) is 18.9. The molecule has 10 heteroatoms. The van der Waals surface area contributed by atoms with Crippen molar-refractivity contribution in [2.24, 2.45) is 5.10 Å². The zero-order valence-corrected chi connectivity index (χ0v) is 21.2. The van der Waals surface area contributed by atoms with Gasteiger partial charge in [-0.1, -0.05) is 23.7 Å². The number of carboxylic acid groups (broad SMARTS) is 1. The third kappa shape index (κ3) is 4.96. The second kappa shape index (κ2) is 10.4. The maximum absolute atomic E-state index is 13.5. The first-order chi connectivity index (χ1) is 18.3. The van der Waals surface area contributed by atoms with Crippen LogP contribution in [0.3, 0.4) is 0 Å². The zero-order chi connectivity index (χ0) is 26.8. The molecular weight excluding hydrogens is 510 g/mol. The Bertz CT molecular complexity index is 1760. The number of hydrogen-bond donors (Lipinski definition) is 1. The normalized spacial score (nSPS) is 12.3. The maximum Gasteiger partial charge on any atom is 0.344 e. The lowest BCUT2D eigenvalue weighted by molar-refractivity contribution is -0.144. The smallest absolute Gasteiger partial charge is 0.344 e. The van der Waals surface area contributed by atoms with Crippen LogP contribution in [0.2, 0.25) is 5.02 Å². The Balaban J connectivity index is 1.60. The number of ether oxygens (including phenoxy) is 2. The highest BCUT2D eigenvalue weighted by Crippen LogP contribution is 2.30. The van der Waals surface area contributed by atoms with Crippen molar-refractivity contribution in [3.05, 3.63) is 87.7 Å². The molecule has 192 valence electrons. The highest BCUT2D eigenvalue weighted by atomic mass is 35.5. The average molecular weight is 532 g/mol. The molecule has 0 bridgehead atoms. The lowest BCUT2D eigenvalue weighted by atomic mass is 10.2. The molecule has 0 unspecified atom stereocenters. The molecule has 0 saturated heterocycles. The van der Waals surface area contributed by atoms with Gasteiger partial charge in [-0.2, -0.15) is 9.78 Å². The summed E-state index contributed by atoms with van der Waals surface area (Å²) < 4.78 is 18.3. The molecule has 3 aromatic carbocycles. The standard InChI is InChI=1S/C28H22ClN3O6/c1-3-36-24-12-17(8-10-23(24)37-16(2)28(34)35)15-30-32-26(31-21-7-5-4-6-20(21)27(32)33)25-14-18-13-19(29)9-11-22(18)38-25/h4-16H,3H2,1-2H3,(H,34,35)/t16-/m0/s1. The summed E-state index contributed by atoms with van der Waals surface area (Å²) in [4.78, 5) is 29.3. The Hall–Kier alpha value is -4.63. The number of carbonyl (C=O) groups is 1. The quantitative estimate of drug-likeness (QED) is 0.259. The van der Waals surface area contributed by atoms with Gasteiger partial charge >= 0.3 is 5.97 Å². The first kappa shape index (κ1) is 25.0. The van der Waals surface area contributed by atoms with E-state index >= 15 is 0 Å². The van der Waals surface area contributed by atoms with E-state index in [2.05, 4.69) is 10.1 Å². The number of nitrogens with zero attached hydrogens (tertiary/aromatic N) is 3. The molecule has 9 nitrogen and oxygen atoms in total. The molecule has 0 radical (unpaired) electrons. The molecule has 5 aromatic rings. The number of fused-ring (bicyclic) bond motifs is 2. The fraction of sp³-hybridized carbons (Fsp3) is 0.143. The van der Waals surface area contributed by atoms with Crippen molar-refractivity contribution in [2.75, 3.05) is 6.61 Å². The van der Waals surface area contributed by atoms with Crippen LogP contribution in [0.15, 0.2) is 81.0 Å². The average Bonchev–Trinajstić information content (AvgIpc) is 3.32. The molecule has 0 saturated carbocycles. The van der Waals surface area contributed by atoms with Crippen LogP contribution < -0.4 is 15.0 Å². The minimum absolute atomic E-state index is 0.220. The van der Waals surface area contributed by atoms with Crippen LogP contribution in [-0.2, 0) is 4.79 Å². The van der Waals surface area contributed by atoms with Crippen LogP contribution in [0.1, 0.15) is 19.4 Å². The van der Waals surface area contributed by atoms with Gasteiger partial charge in [0.1, 0.15) is 5.58 Å². The Morgan fingerprint density at radius 2 is 1.97 bits per heavy atom. The molecule has 0 aliphatic heterocycles. The van der Waals surface area contributed by atoms with Gasteiger partial charge in [0.2, 0.25) is 5.82 Å². The van der Waals surface area contributed by atoms with E-state index in [1.54, 1.807) is 73.7 Å². The van der Waals surface area contributed by atoms with Gasteiger partial charge in [-0.3, -0.25) is 4.79 Å². The second-order valence-electron chi connectivity index (χ2n) is 8.34. The Labute approximate surface area is 221 Å². The predicted octanol–water partition coefficient (Wildman–Crippen LogP) is 5.60. The Morgan fingerprint density at radius 1 is 1.16 bits per heavy atom. The van der Waals surface area contributed by atoms with Crippen molar-refractivity contribution < 1.29 is 23.8 Å². The van der Waals surface area contributed by atoms with E-state index in [4.69, 9.17) is 25.5 Å². The van der Waals surface area contributed by atoms with Gasteiger partial charge in [0.25, 0.3) is 5.56 Å². The third-order valence-corrected chi connectivity index (χ3v) is 5.93. The molecular formula is C28H22ClN3O6. The number of hydrogen-bond acceptors (Lipinski definition) is 7. The summed E-state index contributed by atoms with van der Waals surface area (Å²) in [5, 5.41) is 15.3. The van der Waals surface area contributed by atoms with Crippen LogP contribution in [0.4, 0.5) is 0 Å². The summed E-state index contributed by atoms with van der Waals surface area (Å²) in [5.74, 6) is 0.107. The number of para-hydroxylation sites is 1. The van der Waals surface area contributed by atoms with Crippen molar-refractivity contribution >= 4 is 45.7 Å². The van der Waals surface area contributed by atoms with Crippen LogP contribution in [-0.4, -0.2) is 39.7 Å². The van der Waals surface area contributed by atoms with Crippen molar-refractivity contribution in [2.45, 2.75) is 20.0 Å². The Morgan fingerprint density at radius 3 is 2.76 bits per heavy atom. The maximum atomic E-state index is 13.5. The van der Waals surface area contributed by atoms with Gasteiger partial charge in [0.05, 0.1) is 23.7 Å². The number of aromatic nitrogens is 2. The molecule has 1 atom stereocenters. The monoisotopic (exact) mass is 531 g/mol. The third-order valence-electron chi connectivity index (χ3n) is 5.69. The molecule has 5 rings (SSSR count). The minimum Gasteiger partial charge on any atom is -0.490 e. The molecule has 0 fully saturated rings. The van der Waals surface area contributed by atoms with Gasteiger partial charge in [0, 0.05) is 10.4 Å². The summed E-state index contributed by atoms with van der Waals surface area (Å²) in [6.07, 6.45) is 0.422. The van der Waals surface area contributed by atoms with E-state index in [1.807, 2.05) is 0 Å². The highest BCUT2D eigenvalue weighted by molar-refractivity contribution is 6.31. The van der Waals surface area contributed by atoms with E-state index in [9.17, 15) is 14.7 Å². The summed E-state index contributed by atoms with van der Waals surface area (Å²) in [5.41, 5.74) is 1.31. The van der Waals surface area contributed by atoms with E-state index in [-0.39, 0.29) is 17.1 Å². The first-order valence-corrected chi connectivity index (χ1v) is 12.1. The van der Waals surface area contributed by atoms with Crippen molar-refractivity contribution in [1.29, 1.82) is 0 Å². The fourth-order valence-electron chi connectivity index (χ4n) is 3.85. The van der Waals surface area contributed by atoms with Gasteiger partial charge in [-0.15, -0.1) is 0 Å². The lowest BCUT2D eigenvalue weighted by Gasteiger charge is -2.15. The summed E-state index contributed by atoms with van der Waals surface area (Å²) >= 11 is 6.13. The molecule has 0 spiro atoms. The molecule has 2 heterocycles. The van der Waals surface area contributed by atoms with Crippen molar-refractivity contribution in [3.8, 4) is 23.1 Å². The number of aliphatic carboxylic acids is 1. The lowest BCUT2D eigenvalue weighted by Crippen LogP contribution is -2.23. The number of benzene rings is 3. The fourth-order valence-corrected chi connectivity index (χ4v) is 4.03. The molecule has 0 amide bonds. The summed E-state index contributed by atoms with van der Waals surface area (Å²) in [7, 11) is 0. The number of carboxylic acids is 1. The number of furan rings is 1. The number of halogens is 1. The van der Waals surface area contributed by atoms with Crippen LogP contribution in [0.5, 0.6) is 11.5 Å². The molecule has 2 aromatic heterocycles. The van der Waals surface area contributed by atoms with Crippen LogP contribution in [0.25, 0.3) is 33.5 Å². The van der Waals surface area contributed by atoms with Gasteiger partial charge < -0.3 is 19.0 Å². The van der Waals surface area contributed by atoms with Crippen molar-refractivity contribution in [3.63, 3.8) is 0 Å². The van der Waals surface area contributed by atoms with E-state index in [1.165, 1.54) is 17.8 Å². The SMILES string of the molecule is CCOc1cc(C=Nn2c(-c3cc4cc(Cl)ccc4o3)nc3ccccc3c2=O)ccc1O[C@@H](C)C(=O)O. The minimum atomic E-state index is -1.10. The Kier molecular flexibility index (Phi) is 6.85. The van der Waals surface area contributed by atoms with Crippen LogP contribution >= 0.6 is 11.6 Å². The van der Waals surface area contributed by atoms with E-state index in [0.29, 0.717) is 45.2 Å². The van der Waals surface area contributed by atoms with Gasteiger partial charge in [0.15, 0.2) is 23.4 Å². The summed E-state index contributed by atoms with van der Waals surface area (Å²) in [6.45, 7) is 3.57. The number of rotatable bonds is 8. The molecule has 0 aliphatic carbocycles. The molecule has 38 heavy (non-hydrogen) atoms. The van der Waals surface area contributed by atoms with Gasteiger partial charge in [-0.25, -0.2) is 9.78 Å².